The van der Waals surface area contributed by atoms with Crippen LogP contribution >= 0.6 is 11.8 Å². The summed E-state index contributed by atoms with van der Waals surface area (Å²) in [5, 5.41) is 0.603. The Hall–Kier alpha value is -2.68. The van der Waals surface area contributed by atoms with Crippen LogP contribution in [0.4, 0.5) is 0 Å². The van der Waals surface area contributed by atoms with Crippen LogP contribution in [0.2, 0.25) is 0 Å². The van der Waals surface area contributed by atoms with Gasteiger partial charge in [-0.05, 0) is 23.3 Å². The lowest BCUT2D eigenvalue weighted by atomic mass is 9.97. The van der Waals surface area contributed by atoms with Crippen LogP contribution < -0.4 is 0 Å². The highest BCUT2D eigenvalue weighted by Gasteiger charge is 2.24. The molecule has 33 heavy (non-hydrogen) atoms. The van der Waals surface area contributed by atoms with E-state index in [0.29, 0.717) is 18.1 Å². The zero-order valence-corrected chi connectivity index (χ0v) is 20.7. The topological polar surface area (TPSA) is 70.6 Å². The van der Waals surface area contributed by atoms with Crippen molar-refractivity contribution in [2.75, 3.05) is 25.9 Å². The van der Waals surface area contributed by atoms with Gasteiger partial charge in [0.1, 0.15) is 4.90 Å². The van der Waals surface area contributed by atoms with Crippen molar-refractivity contribution in [3.63, 3.8) is 0 Å². The van der Waals surface area contributed by atoms with Gasteiger partial charge in [0.2, 0.25) is 15.9 Å². The van der Waals surface area contributed by atoms with Crippen molar-refractivity contribution in [2.24, 2.45) is 0 Å². The Morgan fingerprint density at radius 2 is 1.45 bits per heavy atom. The molecule has 0 saturated heterocycles. The number of hydrogen-bond donors (Lipinski definition) is 0. The fourth-order valence-electron chi connectivity index (χ4n) is 3.61. The van der Waals surface area contributed by atoms with E-state index in [9.17, 15) is 13.2 Å². The van der Waals surface area contributed by atoms with Crippen LogP contribution in [0.5, 0.6) is 0 Å². The van der Waals surface area contributed by atoms with Gasteiger partial charge < -0.3 is 4.90 Å². The molecule has 0 radical (unpaired) electrons. The predicted molar refractivity (Wildman–Crippen MR) is 133 cm³/mol. The van der Waals surface area contributed by atoms with Gasteiger partial charge in [0.15, 0.2) is 0 Å². The van der Waals surface area contributed by atoms with Gasteiger partial charge in [0.05, 0.1) is 16.8 Å². The third-order valence-corrected chi connectivity index (χ3v) is 8.37. The molecular formula is C25H29N3O3S2. The Labute approximate surface area is 200 Å². The molecule has 6 nitrogen and oxygen atoms in total. The number of hydrogen-bond acceptors (Lipinski definition) is 5. The molecule has 1 amide bonds. The van der Waals surface area contributed by atoms with Crippen LogP contribution in [-0.2, 0) is 14.8 Å². The second-order valence-electron chi connectivity index (χ2n) is 7.44. The van der Waals surface area contributed by atoms with Crippen LogP contribution in [0, 0.1) is 0 Å². The first kappa shape index (κ1) is 25.0. The first-order valence-electron chi connectivity index (χ1n) is 10.8. The molecule has 174 valence electrons. The molecular weight excluding hydrogens is 454 g/mol. The number of aromatic nitrogens is 1. The van der Waals surface area contributed by atoms with Crippen LogP contribution in [0.1, 0.15) is 31.0 Å². The number of rotatable bonds is 10. The number of nitrogens with zero attached hydrogens (tertiary/aromatic N) is 3. The van der Waals surface area contributed by atoms with E-state index in [1.807, 2.05) is 60.7 Å². The third kappa shape index (κ3) is 6.01. The van der Waals surface area contributed by atoms with Crippen molar-refractivity contribution in [1.82, 2.24) is 14.2 Å². The lowest BCUT2D eigenvalue weighted by Crippen LogP contribution is -2.33. The maximum atomic E-state index is 13.1. The summed E-state index contributed by atoms with van der Waals surface area (Å²) in [6, 6.07) is 22.9. The van der Waals surface area contributed by atoms with Gasteiger partial charge in [-0.3, -0.25) is 4.79 Å². The van der Waals surface area contributed by atoms with Gasteiger partial charge in [-0.2, -0.15) is 4.31 Å². The molecule has 0 saturated carbocycles. The van der Waals surface area contributed by atoms with Gasteiger partial charge in [0.25, 0.3) is 0 Å². The number of sulfonamides is 1. The minimum Gasteiger partial charge on any atom is -0.334 e. The second kappa shape index (κ2) is 11.4. The summed E-state index contributed by atoms with van der Waals surface area (Å²) < 4.78 is 26.6. The van der Waals surface area contributed by atoms with Crippen molar-refractivity contribution in [2.45, 2.75) is 29.8 Å². The zero-order chi connectivity index (χ0) is 23.8. The van der Waals surface area contributed by atoms with Gasteiger partial charge in [0, 0.05) is 26.3 Å². The summed E-state index contributed by atoms with van der Waals surface area (Å²) in [6.07, 6.45) is 1.36. The molecule has 0 aliphatic rings. The minimum atomic E-state index is -3.55. The Morgan fingerprint density at radius 3 is 1.91 bits per heavy atom. The Balaban J connectivity index is 1.72. The number of carbonyl (C=O) groups excluding carboxylic acids is 1. The SMILES string of the molecule is CCN(CC)S(=O)(=O)c1ccc(SCC(=O)N(C)C(c2ccccc2)c2ccccc2)nc1. The fraction of sp³-hybridized carbons (Fsp3) is 0.280. The van der Waals surface area contributed by atoms with E-state index in [2.05, 4.69) is 4.98 Å². The highest BCUT2D eigenvalue weighted by atomic mass is 32.2. The summed E-state index contributed by atoms with van der Waals surface area (Å²) >= 11 is 1.29. The second-order valence-corrected chi connectivity index (χ2v) is 10.4. The van der Waals surface area contributed by atoms with Gasteiger partial charge in [-0.15, -0.1) is 0 Å². The molecule has 0 spiro atoms. The average Bonchev–Trinajstić information content (AvgIpc) is 2.85. The lowest BCUT2D eigenvalue weighted by Gasteiger charge is -2.29. The molecule has 3 aromatic rings. The van der Waals surface area contributed by atoms with Gasteiger partial charge in [-0.25, -0.2) is 13.4 Å². The molecule has 0 bridgehead atoms. The smallest absolute Gasteiger partial charge is 0.244 e. The molecule has 1 heterocycles. The molecule has 2 aromatic carbocycles. The number of amides is 1. The van der Waals surface area contributed by atoms with E-state index < -0.39 is 10.0 Å². The van der Waals surface area contributed by atoms with Crippen molar-refractivity contribution >= 4 is 27.7 Å². The molecule has 8 heteroatoms. The normalized spacial score (nSPS) is 11.7. The van der Waals surface area contributed by atoms with Gasteiger partial charge >= 0.3 is 0 Å². The zero-order valence-electron chi connectivity index (χ0n) is 19.1. The highest BCUT2D eigenvalue weighted by molar-refractivity contribution is 7.99. The fourth-order valence-corrected chi connectivity index (χ4v) is 5.78. The van der Waals surface area contributed by atoms with E-state index in [4.69, 9.17) is 0 Å². The van der Waals surface area contributed by atoms with Crippen LogP contribution in [0.3, 0.4) is 0 Å². The van der Waals surface area contributed by atoms with Crippen LogP contribution in [-0.4, -0.2) is 54.4 Å². The summed E-state index contributed by atoms with van der Waals surface area (Å²) in [5.74, 6) is 0.154. The predicted octanol–water partition coefficient (Wildman–Crippen LogP) is 4.45. The van der Waals surface area contributed by atoms with Crippen molar-refractivity contribution < 1.29 is 13.2 Å². The van der Waals surface area contributed by atoms with Gasteiger partial charge in [-0.1, -0.05) is 86.3 Å². The summed E-state index contributed by atoms with van der Waals surface area (Å²) in [4.78, 5) is 19.3. The van der Waals surface area contributed by atoms with Crippen molar-refractivity contribution in [3.05, 3.63) is 90.1 Å². The molecule has 1 aromatic heterocycles. The highest BCUT2D eigenvalue weighted by Crippen LogP contribution is 2.29. The number of benzene rings is 2. The van der Waals surface area contributed by atoms with E-state index in [0.717, 1.165) is 11.1 Å². The number of carbonyl (C=O) groups is 1. The first-order chi connectivity index (χ1) is 15.9. The van der Waals surface area contributed by atoms with Crippen molar-refractivity contribution in [3.8, 4) is 0 Å². The Morgan fingerprint density at radius 1 is 0.909 bits per heavy atom. The van der Waals surface area contributed by atoms with Crippen LogP contribution in [0.15, 0.2) is 88.9 Å². The van der Waals surface area contributed by atoms with Crippen molar-refractivity contribution in [1.29, 1.82) is 0 Å². The standard InChI is InChI=1S/C25H29N3O3S2/c1-4-28(5-2)33(30,31)22-16-17-23(26-18-22)32-19-24(29)27(3)25(20-12-8-6-9-13-20)21-14-10-7-11-15-21/h6-18,25H,4-5,19H2,1-3H3. The minimum absolute atomic E-state index is 0.0423. The maximum Gasteiger partial charge on any atom is 0.244 e. The summed E-state index contributed by atoms with van der Waals surface area (Å²) in [7, 11) is -1.74. The van der Waals surface area contributed by atoms with E-state index >= 15 is 0 Å². The number of thioether (sulfide) groups is 1. The molecule has 0 atom stereocenters. The monoisotopic (exact) mass is 483 g/mol. The molecule has 0 aliphatic heterocycles. The molecule has 0 unspecified atom stereocenters. The van der Waals surface area contributed by atoms with E-state index in [-0.39, 0.29) is 22.6 Å². The largest absolute Gasteiger partial charge is 0.334 e. The average molecular weight is 484 g/mol. The molecule has 0 fully saturated rings. The Kier molecular flexibility index (Phi) is 8.66. The Bertz CT molecular complexity index is 1100. The summed E-state index contributed by atoms with van der Waals surface area (Å²) in [6.45, 7) is 4.41. The molecule has 3 rings (SSSR count). The van der Waals surface area contributed by atoms with E-state index in [1.54, 1.807) is 37.9 Å². The first-order valence-corrected chi connectivity index (χ1v) is 13.3. The number of pyridine rings is 1. The molecule has 0 aliphatic carbocycles. The third-order valence-electron chi connectivity index (χ3n) is 5.41. The lowest BCUT2D eigenvalue weighted by molar-refractivity contribution is -0.128. The summed E-state index contributed by atoms with van der Waals surface area (Å²) in [5.41, 5.74) is 2.07. The maximum absolute atomic E-state index is 13.1. The van der Waals surface area contributed by atoms with E-state index in [1.165, 1.54) is 22.3 Å². The van der Waals surface area contributed by atoms with Crippen LogP contribution in [0.25, 0.3) is 0 Å². The quantitative estimate of drug-likeness (QED) is 0.399. The molecule has 0 N–H and O–H groups in total.